The molecular formula is C13H18N4. The molecule has 1 aromatic heterocycles. The number of nitrogens with one attached hydrogen (secondary N) is 1. The van der Waals surface area contributed by atoms with Crippen LogP contribution in [0, 0.1) is 11.3 Å². The van der Waals surface area contributed by atoms with Crippen molar-refractivity contribution in [3.05, 3.63) is 30.1 Å². The van der Waals surface area contributed by atoms with Crippen molar-refractivity contribution in [2.75, 3.05) is 13.1 Å². The second-order valence-electron chi connectivity index (χ2n) is 4.68. The first-order valence-corrected chi connectivity index (χ1v) is 6.02. The fraction of sp³-hybridized carbons (Fsp3) is 0.538. The Morgan fingerprint density at radius 1 is 1.59 bits per heavy atom. The molecule has 4 heteroatoms. The Labute approximate surface area is 102 Å². The van der Waals surface area contributed by atoms with Gasteiger partial charge < -0.3 is 5.32 Å². The fourth-order valence-electron chi connectivity index (χ4n) is 2.39. The molecule has 4 nitrogen and oxygen atoms in total. The van der Waals surface area contributed by atoms with Crippen molar-refractivity contribution in [2.24, 2.45) is 0 Å². The van der Waals surface area contributed by atoms with Crippen LogP contribution in [0.3, 0.4) is 0 Å². The maximum absolute atomic E-state index is 8.76. The molecule has 1 saturated heterocycles. The predicted octanol–water partition coefficient (Wildman–Crippen LogP) is 1.16. The van der Waals surface area contributed by atoms with Crippen molar-refractivity contribution in [1.82, 2.24) is 15.2 Å². The molecule has 2 heterocycles. The zero-order valence-corrected chi connectivity index (χ0v) is 10.1. The van der Waals surface area contributed by atoms with E-state index in [0.29, 0.717) is 18.5 Å². The van der Waals surface area contributed by atoms with E-state index in [1.54, 1.807) is 6.20 Å². The highest BCUT2D eigenvalue weighted by Gasteiger charge is 2.23. The van der Waals surface area contributed by atoms with Crippen LogP contribution in [0.5, 0.6) is 0 Å². The average Bonchev–Trinajstić information content (AvgIpc) is 2.30. The van der Waals surface area contributed by atoms with E-state index in [-0.39, 0.29) is 0 Å². The summed E-state index contributed by atoms with van der Waals surface area (Å²) in [6.45, 7) is 5.05. The molecular weight excluding hydrogens is 212 g/mol. The molecule has 1 aromatic rings. The molecule has 90 valence electrons. The van der Waals surface area contributed by atoms with Crippen LogP contribution in [0.4, 0.5) is 0 Å². The van der Waals surface area contributed by atoms with Gasteiger partial charge in [0.2, 0.25) is 0 Å². The Kier molecular flexibility index (Phi) is 4.08. The topological polar surface area (TPSA) is 52.0 Å². The second-order valence-corrected chi connectivity index (χ2v) is 4.68. The Bertz CT molecular complexity index is 384. The Morgan fingerprint density at radius 2 is 2.47 bits per heavy atom. The molecule has 2 atom stereocenters. The number of pyridine rings is 1. The van der Waals surface area contributed by atoms with E-state index in [1.165, 1.54) is 5.56 Å². The van der Waals surface area contributed by atoms with Gasteiger partial charge in [-0.05, 0) is 18.6 Å². The first-order valence-electron chi connectivity index (χ1n) is 6.02. The van der Waals surface area contributed by atoms with Gasteiger partial charge in [0.25, 0.3) is 0 Å². The van der Waals surface area contributed by atoms with Crippen LogP contribution in [-0.4, -0.2) is 35.1 Å². The van der Waals surface area contributed by atoms with Gasteiger partial charge in [-0.25, -0.2) is 0 Å². The molecule has 1 N–H and O–H groups in total. The molecule has 1 fully saturated rings. The van der Waals surface area contributed by atoms with Gasteiger partial charge in [0.05, 0.1) is 12.5 Å². The SMILES string of the molecule is CC1CN(Cc2cccnc2)CC(CC#N)N1. The van der Waals surface area contributed by atoms with Gasteiger partial charge in [0.1, 0.15) is 0 Å². The molecule has 0 saturated carbocycles. The summed E-state index contributed by atoms with van der Waals surface area (Å²) in [5, 5.41) is 12.2. The Hall–Kier alpha value is -1.44. The molecule has 17 heavy (non-hydrogen) atoms. The smallest absolute Gasteiger partial charge is 0.0638 e. The summed E-state index contributed by atoms with van der Waals surface area (Å²) in [6.07, 6.45) is 4.28. The molecule has 0 aromatic carbocycles. The van der Waals surface area contributed by atoms with Crippen LogP contribution in [0.15, 0.2) is 24.5 Å². The summed E-state index contributed by atoms with van der Waals surface area (Å²) in [5.74, 6) is 0. The van der Waals surface area contributed by atoms with E-state index in [9.17, 15) is 0 Å². The minimum absolute atomic E-state index is 0.292. The van der Waals surface area contributed by atoms with E-state index in [4.69, 9.17) is 5.26 Å². The van der Waals surface area contributed by atoms with Crippen molar-refractivity contribution in [1.29, 1.82) is 5.26 Å². The monoisotopic (exact) mass is 230 g/mol. The van der Waals surface area contributed by atoms with Crippen LogP contribution in [0.25, 0.3) is 0 Å². The molecule has 2 rings (SSSR count). The zero-order chi connectivity index (χ0) is 12.1. The van der Waals surface area contributed by atoms with E-state index in [1.807, 2.05) is 12.3 Å². The first-order chi connectivity index (χ1) is 8.28. The molecule has 2 unspecified atom stereocenters. The van der Waals surface area contributed by atoms with Gasteiger partial charge in [0, 0.05) is 44.1 Å². The third-order valence-corrected chi connectivity index (χ3v) is 3.00. The lowest BCUT2D eigenvalue weighted by molar-refractivity contribution is 0.161. The number of nitrogens with zero attached hydrogens (tertiary/aromatic N) is 3. The number of hydrogen-bond donors (Lipinski definition) is 1. The molecule has 0 spiro atoms. The highest BCUT2D eigenvalue weighted by Crippen LogP contribution is 2.10. The van der Waals surface area contributed by atoms with Crippen LogP contribution in [0.2, 0.25) is 0 Å². The second kappa shape index (κ2) is 5.76. The molecule has 0 amide bonds. The lowest BCUT2D eigenvalue weighted by Gasteiger charge is -2.36. The van der Waals surface area contributed by atoms with E-state index in [2.05, 4.69) is 34.3 Å². The van der Waals surface area contributed by atoms with Gasteiger partial charge in [0.15, 0.2) is 0 Å². The van der Waals surface area contributed by atoms with Crippen LogP contribution in [0.1, 0.15) is 18.9 Å². The summed E-state index contributed by atoms with van der Waals surface area (Å²) in [5.41, 5.74) is 1.23. The summed E-state index contributed by atoms with van der Waals surface area (Å²) in [7, 11) is 0. The van der Waals surface area contributed by atoms with Gasteiger partial charge in [-0.15, -0.1) is 0 Å². The third-order valence-electron chi connectivity index (χ3n) is 3.00. The van der Waals surface area contributed by atoms with E-state index < -0.39 is 0 Å². The van der Waals surface area contributed by atoms with E-state index >= 15 is 0 Å². The first kappa shape index (κ1) is 12.0. The van der Waals surface area contributed by atoms with Crippen molar-refractivity contribution in [2.45, 2.75) is 32.0 Å². The van der Waals surface area contributed by atoms with Crippen LogP contribution in [-0.2, 0) is 6.54 Å². The number of piperazine rings is 1. The number of aromatic nitrogens is 1. The summed E-state index contributed by atoms with van der Waals surface area (Å²) < 4.78 is 0. The summed E-state index contributed by atoms with van der Waals surface area (Å²) in [4.78, 5) is 6.52. The predicted molar refractivity (Wildman–Crippen MR) is 66.1 cm³/mol. The zero-order valence-electron chi connectivity index (χ0n) is 10.1. The van der Waals surface area contributed by atoms with Crippen LogP contribution < -0.4 is 5.32 Å². The van der Waals surface area contributed by atoms with Gasteiger partial charge >= 0.3 is 0 Å². The van der Waals surface area contributed by atoms with Gasteiger partial charge in [-0.1, -0.05) is 6.07 Å². The largest absolute Gasteiger partial charge is 0.308 e. The Balaban J connectivity index is 1.94. The standard InChI is InChI=1S/C13H18N4/c1-11-8-17(10-13(16-11)4-5-14)9-12-3-2-6-15-7-12/h2-3,6-7,11,13,16H,4,8-10H2,1H3. The molecule has 0 bridgehead atoms. The third kappa shape index (κ3) is 3.52. The molecule has 1 aliphatic heterocycles. The summed E-state index contributed by atoms with van der Waals surface area (Å²) in [6, 6.07) is 7.04. The van der Waals surface area contributed by atoms with Gasteiger partial charge in [-0.3, -0.25) is 9.88 Å². The molecule has 0 radical (unpaired) electrons. The van der Waals surface area contributed by atoms with Crippen molar-refractivity contribution in [3.8, 4) is 6.07 Å². The van der Waals surface area contributed by atoms with Crippen molar-refractivity contribution >= 4 is 0 Å². The molecule has 1 aliphatic rings. The number of nitriles is 1. The van der Waals surface area contributed by atoms with Crippen molar-refractivity contribution < 1.29 is 0 Å². The maximum atomic E-state index is 8.76. The fourth-order valence-corrected chi connectivity index (χ4v) is 2.39. The maximum Gasteiger partial charge on any atom is 0.0638 e. The van der Waals surface area contributed by atoms with E-state index in [0.717, 1.165) is 19.6 Å². The number of hydrogen-bond acceptors (Lipinski definition) is 4. The average molecular weight is 230 g/mol. The van der Waals surface area contributed by atoms with Crippen LogP contribution >= 0.6 is 0 Å². The summed E-state index contributed by atoms with van der Waals surface area (Å²) >= 11 is 0. The lowest BCUT2D eigenvalue weighted by Crippen LogP contribution is -2.54. The number of rotatable bonds is 3. The minimum Gasteiger partial charge on any atom is -0.308 e. The highest BCUT2D eigenvalue weighted by molar-refractivity contribution is 5.08. The quantitative estimate of drug-likeness (QED) is 0.846. The minimum atomic E-state index is 0.292. The van der Waals surface area contributed by atoms with Gasteiger partial charge in [-0.2, -0.15) is 5.26 Å². The highest BCUT2D eigenvalue weighted by atomic mass is 15.2. The normalized spacial score (nSPS) is 25.4. The lowest BCUT2D eigenvalue weighted by atomic mass is 10.1. The Morgan fingerprint density at radius 3 is 3.18 bits per heavy atom. The molecule has 0 aliphatic carbocycles. The van der Waals surface area contributed by atoms with Crippen molar-refractivity contribution in [3.63, 3.8) is 0 Å².